The van der Waals surface area contributed by atoms with Gasteiger partial charge in [0.15, 0.2) is 5.43 Å². The van der Waals surface area contributed by atoms with Crippen molar-refractivity contribution in [2.75, 3.05) is 0 Å². The van der Waals surface area contributed by atoms with E-state index in [1.54, 1.807) is 18.2 Å². The van der Waals surface area contributed by atoms with Crippen LogP contribution in [0, 0.1) is 12.3 Å². The molecule has 1 rings (SSSR count). The molecule has 0 spiro atoms. The maximum Gasteiger partial charge on any atom is 0.178 e. The zero-order chi connectivity index (χ0) is 7.40. The zero-order valence-corrected chi connectivity index (χ0v) is 5.37. The number of terminal acetylenes is 1. The minimum absolute atomic E-state index is 0.0264. The lowest BCUT2D eigenvalue weighted by Gasteiger charge is -1.74. The third-order valence-electron chi connectivity index (χ3n) is 1.13. The van der Waals surface area contributed by atoms with Crippen LogP contribution in [0.3, 0.4) is 0 Å². The fraction of sp³-hybridized carbons (Fsp3) is 0. The van der Waals surface area contributed by atoms with Gasteiger partial charge in [-0.1, -0.05) is 12.0 Å². The van der Waals surface area contributed by atoms with E-state index in [1.807, 2.05) is 0 Å². The summed E-state index contributed by atoms with van der Waals surface area (Å²) in [6, 6.07) is 7.93. The van der Waals surface area contributed by atoms with Crippen molar-refractivity contribution < 1.29 is 0 Å². The third kappa shape index (κ3) is 1.46. The van der Waals surface area contributed by atoms with Gasteiger partial charge in [-0.15, -0.1) is 6.42 Å². The van der Waals surface area contributed by atoms with E-state index >= 15 is 0 Å². The molecule has 1 nitrogen and oxygen atoms in total. The highest BCUT2D eigenvalue weighted by molar-refractivity contribution is 5.30. The standard InChI is InChI=1S/C9H6O/c1-2-8-4-3-5-9(10)7-6-8/h1,3-7H. The van der Waals surface area contributed by atoms with Crippen molar-refractivity contribution >= 4 is 0 Å². The van der Waals surface area contributed by atoms with Gasteiger partial charge in [0.25, 0.3) is 0 Å². The summed E-state index contributed by atoms with van der Waals surface area (Å²) in [7, 11) is 0. The van der Waals surface area contributed by atoms with Gasteiger partial charge in [0.2, 0.25) is 0 Å². The van der Waals surface area contributed by atoms with Crippen molar-refractivity contribution in [2.24, 2.45) is 0 Å². The first-order valence-electron chi connectivity index (χ1n) is 2.90. The van der Waals surface area contributed by atoms with Crippen LogP contribution in [0.2, 0.25) is 0 Å². The Hall–Kier alpha value is -1.55. The van der Waals surface area contributed by atoms with Crippen LogP contribution in [0.5, 0.6) is 0 Å². The molecular weight excluding hydrogens is 124 g/mol. The molecule has 0 bridgehead atoms. The number of rotatable bonds is 0. The Bertz CT molecular complexity index is 320. The summed E-state index contributed by atoms with van der Waals surface area (Å²) >= 11 is 0. The van der Waals surface area contributed by atoms with E-state index in [9.17, 15) is 4.79 Å². The lowest BCUT2D eigenvalue weighted by Crippen LogP contribution is -1.87. The van der Waals surface area contributed by atoms with Gasteiger partial charge in [0.05, 0.1) is 0 Å². The average Bonchev–Trinajstić information content (AvgIpc) is 2.14. The van der Waals surface area contributed by atoms with E-state index in [4.69, 9.17) is 6.42 Å². The molecule has 0 saturated carbocycles. The van der Waals surface area contributed by atoms with E-state index < -0.39 is 0 Å². The van der Waals surface area contributed by atoms with Gasteiger partial charge in [0.1, 0.15) is 0 Å². The normalized spacial score (nSPS) is 8.30. The van der Waals surface area contributed by atoms with Gasteiger partial charge in [-0.05, 0) is 24.3 Å². The molecular formula is C9H6O. The molecule has 1 aromatic carbocycles. The molecule has 0 N–H and O–H groups in total. The van der Waals surface area contributed by atoms with Crippen molar-refractivity contribution in [1.82, 2.24) is 0 Å². The maximum absolute atomic E-state index is 10.7. The molecule has 0 aliphatic rings. The molecule has 0 saturated heterocycles. The van der Waals surface area contributed by atoms with Gasteiger partial charge in [-0.3, -0.25) is 4.79 Å². The minimum Gasteiger partial charge on any atom is -0.290 e. The molecule has 0 unspecified atom stereocenters. The van der Waals surface area contributed by atoms with Gasteiger partial charge < -0.3 is 0 Å². The summed E-state index contributed by atoms with van der Waals surface area (Å²) in [6.45, 7) is 0. The Kier molecular flexibility index (Phi) is 1.86. The monoisotopic (exact) mass is 130 g/mol. The summed E-state index contributed by atoms with van der Waals surface area (Å²) in [4.78, 5) is 10.7. The SMILES string of the molecule is C#Cc1cccc(=O)cc1. The second-order valence-electron chi connectivity index (χ2n) is 1.86. The Balaban J connectivity index is 3.33. The molecule has 0 aliphatic carbocycles. The lowest BCUT2D eigenvalue weighted by molar-refractivity contribution is 1.67. The highest BCUT2D eigenvalue weighted by Gasteiger charge is 1.80. The van der Waals surface area contributed by atoms with Gasteiger partial charge in [0, 0.05) is 5.56 Å². The van der Waals surface area contributed by atoms with Crippen molar-refractivity contribution in [3.8, 4) is 12.3 Å². The molecule has 0 aromatic heterocycles. The van der Waals surface area contributed by atoms with E-state index in [2.05, 4.69) is 5.92 Å². The van der Waals surface area contributed by atoms with Crippen molar-refractivity contribution in [3.05, 3.63) is 46.1 Å². The topological polar surface area (TPSA) is 17.1 Å². The first-order valence-corrected chi connectivity index (χ1v) is 2.90. The Morgan fingerprint density at radius 2 is 2.00 bits per heavy atom. The van der Waals surface area contributed by atoms with Gasteiger partial charge in [-0.25, -0.2) is 0 Å². The fourth-order valence-corrected chi connectivity index (χ4v) is 0.626. The molecule has 1 heteroatoms. The van der Waals surface area contributed by atoms with Crippen LogP contribution in [-0.2, 0) is 0 Å². The van der Waals surface area contributed by atoms with E-state index in [-0.39, 0.29) is 5.43 Å². The van der Waals surface area contributed by atoms with Crippen LogP contribution in [0.25, 0.3) is 0 Å². The summed E-state index contributed by atoms with van der Waals surface area (Å²) in [6.07, 6.45) is 5.10. The predicted octanol–water partition coefficient (Wildman–Crippen LogP) is 1.03. The van der Waals surface area contributed by atoms with E-state index in [0.29, 0.717) is 0 Å². The average molecular weight is 130 g/mol. The van der Waals surface area contributed by atoms with Crippen molar-refractivity contribution in [3.63, 3.8) is 0 Å². The summed E-state index contributed by atoms with van der Waals surface area (Å²) in [5, 5.41) is 0. The maximum atomic E-state index is 10.7. The molecule has 0 fully saturated rings. The third-order valence-corrected chi connectivity index (χ3v) is 1.13. The van der Waals surface area contributed by atoms with Crippen LogP contribution >= 0.6 is 0 Å². The van der Waals surface area contributed by atoms with Crippen LogP contribution in [-0.4, -0.2) is 0 Å². The predicted molar refractivity (Wildman–Crippen MR) is 40.6 cm³/mol. The molecule has 0 aliphatic heterocycles. The van der Waals surface area contributed by atoms with E-state index in [0.717, 1.165) is 5.56 Å². The lowest BCUT2D eigenvalue weighted by atomic mass is 10.3. The highest BCUT2D eigenvalue weighted by atomic mass is 16.1. The van der Waals surface area contributed by atoms with Crippen LogP contribution in [0.15, 0.2) is 35.1 Å². The Labute approximate surface area is 59.3 Å². The van der Waals surface area contributed by atoms with Crippen molar-refractivity contribution in [1.29, 1.82) is 0 Å². The highest BCUT2D eigenvalue weighted by Crippen LogP contribution is 1.89. The second-order valence-corrected chi connectivity index (χ2v) is 1.86. The van der Waals surface area contributed by atoms with Crippen molar-refractivity contribution in [2.45, 2.75) is 0 Å². The Morgan fingerprint density at radius 1 is 1.20 bits per heavy atom. The van der Waals surface area contributed by atoms with E-state index in [1.165, 1.54) is 12.1 Å². The van der Waals surface area contributed by atoms with Crippen LogP contribution < -0.4 is 5.43 Å². The minimum atomic E-state index is -0.0264. The molecule has 48 valence electrons. The largest absolute Gasteiger partial charge is 0.290 e. The first kappa shape index (κ1) is 6.57. The zero-order valence-electron chi connectivity index (χ0n) is 5.37. The smallest absolute Gasteiger partial charge is 0.178 e. The first-order chi connectivity index (χ1) is 4.83. The Morgan fingerprint density at radius 3 is 2.70 bits per heavy atom. The fourth-order valence-electron chi connectivity index (χ4n) is 0.626. The summed E-state index contributed by atoms with van der Waals surface area (Å²) in [5.41, 5.74) is 0.698. The van der Waals surface area contributed by atoms with Gasteiger partial charge in [-0.2, -0.15) is 0 Å². The number of hydrogen-bond donors (Lipinski definition) is 0. The molecule has 0 radical (unpaired) electrons. The number of hydrogen-bond acceptors (Lipinski definition) is 1. The molecule has 0 heterocycles. The summed E-state index contributed by atoms with van der Waals surface area (Å²) in [5.74, 6) is 2.44. The molecule has 10 heavy (non-hydrogen) atoms. The quantitative estimate of drug-likeness (QED) is 0.479. The molecule has 1 aromatic rings. The summed E-state index contributed by atoms with van der Waals surface area (Å²) < 4.78 is 0. The second kappa shape index (κ2) is 2.84. The van der Waals surface area contributed by atoms with Crippen LogP contribution in [0.1, 0.15) is 5.56 Å². The van der Waals surface area contributed by atoms with Gasteiger partial charge >= 0.3 is 0 Å². The molecule has 0 atom stereocenters. The van der Waals surface area contributed by atoms with Crippen LogP contribution in [0.4, 0.5) is 0 Å². The molecule has 0 amide bonds.